The van der Waals surface area contributed by atoms with Crippen molar-refractivity contribution < 1.29 is 9.59 Å². The van der Waals surface area contributed by atoms with Crippen molar-refractivity contribution in [2.75, 3.05) is 19.4 Å². The third kappa shape index (κ3) is 4.89. The molecule has 0 fully saturated rings. The second-order valence-electron chi connectivity index (χ2n) is 7.19. The molecule has 0 aliphatic carbocycles. The fourth-order valence-corrected chi connectivity index (χ4v) is 3.96. The number of hydrogen-bond acceptors (Lipinski definition) is 5. The molecule has 29 heavy (non-hydrogen) atoms. The molecule has 2 amide bonds. The summed E-state index contributed by atoms with van der Waals surface area (Å²) in [5, 5.41) is 3.46. The largest absolute Gasteiger partial charge is 0.349 e. The second kappa shape index (κ2) is 8.57. The molecule has 0 saturated carbocycles. The first-order valence-electron chi connectivity index (χ1n) is 9.32. The van der Waals surface area contributed by atoms with Gasteiger partial charge in [-0.1, -0.05) is 12.1 Å². The number of fused-ring (bicyclic) bond motifs is 1. The molecule has 2 N–H and O–H groups in total. The van der Waals surface area contributed by atoms with E-state index in [1.165, 1.54) is 11.3 Å². The van der Waals surface area contributed by atoms with Crippen LogP contribution in [0.15, 0.2) is 29.1 Å². The van der Waals surface area contributed by atoms with E-state index in [-0.39, 0.29) is 23.8 Å². The van der Waals surface area contributed by atoms with Gasteiger partial charge in [0, 0.05) is 37.5 Å². The van der Waals surface area contributed by atoms with E-state index >= 15 is 0 Å². The number of aryl methyl sites for hydroxylation is 3. The SMILES string of the molecule is Cc1sc2nc(CCC(=O)Nc3ccc(CC(=O)N(C)C)cc3)[nH]c(=O)c2c1C. The lowest BCUT2D eigenvalue weighted by Crippen LogP contribution is -2.23. The molecule has 0 atom stereocenters. The van der Waals surface area contributed by atoms with Gasteiger partial charge in [0.2, 0.25) is 11.8 Å². The maximum Gasteiger partial charge on any atom is 0.259 e. The highest BCUT2D eigenvalue weighted by Crippen LogP contribution is 2.25. The van der Waals surface area contributed by atoms with E-state index in [1.807, 2.05) is 26.0 Å². The number of H-pyrrole nitrogens is 1. The van der Waals surface area contributed by atoms with Crippen molar-refractivity contribution in [1.82, 2.24) is 14.9 Å². The summed E-state index contributed by atoms with van der Waals surface area (Å²) in [5.41, 5.74) is 2.35. The van der Waals surface area contributed by atoms with Gasteiger partial charge in [0.25, 0.3) is 5.56 Å². The highest BCUT2D eigenvalue weighted by atomic mass is 32.1. The molecule has 0 bridgehead atoms. The summed E-state index contributed by atoms with van der Waals surface area (Å²) in [4.78, 5) is 46.9. The summed E-state index contributed by atoms with van der Waals surface area (Å²) >= 11 is 1.49. The lowest BCUT2D eigenvalue weighted by atomic mass is 10.1. The third-order valence-corrected chi connectivity index (χ3v) is 5.87. The Kier molecular flexibility index (Phi) is 6.12. The van der Waals surface area contributed by atoms with E-state index in [0.717, 1.165) is 16.0 Å². The summed E-state index contributed by atoms with van der Waals surface area (Å²) in [7, 11) is 3.44. The Bertz CT molecular complexity index is 1110. The van der Waals surface area contributed by atoms with Gasteiger partial charge >= 0.3 is 0 Å². The molecule has 7 nitrogen and oxygen atoms in total. The van der Waals surface area contributed by atoms with Crippen LogP contribution in [0.2, 0.25) is 0 Å². The topological polar surface area (TPSA) is 95.2 Å². The molecule has 8 heteroatoms. The van der Waals surface area contributed by atoms with E-state index in [1.54, 1.807) is 31.1 Å². The monoisotopic (exact) mass is 412 g/mol. The minimum Gasteiger partial charge on any atom is -0.349 e. The number of hydrogen-bond donors (Lipinski definition) is 2. The number of likely N-dealkylation sites (N-methyl/N-ethyl adjacent to an activating group) is 1. The van der Waals surface area contributed by atoms with Crippen molar-refractivity contribution >= 4 is 39.1 Å². The summed E-state index contributed by atoms with van der Waals surface area (Å²) in [5.74, 6) is 0.372. The standard InChI is InChI=1S/C21H24N4O3S/c1-12-13(2)29-21-19(12)20(28)23-16(24-21)9-10-17(26)22-15-7-5-14(6-8-15)11-18(27)25(3)4/h5-8H,9-11H2,1-4H3,(H,22,26)(H,23,24,28). The predicted molar refractivity (Wildman–Crippen MR) is 116 cm³/mol. The maximum absolute atomic E-state index is 12.3. The predicted octanol–water partition coefficient (Wildman–Crippen LogP) is 2.80. The van der Waals surface area contributed by atoms with Crippen LogP contribution in [0.1, 0.15) is 28.2 Å². The molecule has 1 aromatic carbocycles. The van der Waals surface area contributed by atoms with Gasteiger partial charge in [0.1, 0.15) is 10.7 Å². The zero-order chi connectivity index (χ0) is 21.1. The Morgan fingerprint density at radius 1 is 1.17 bits per heavy atom. The summed E-state index contributed by atoms with van der Waals surface area (Å²) in [6.07, 6.45) is 0.880. The van der Waals surface area contributed by atoms with Crippen molar-refractivity contribution in [3.05, 3.63) is 56.4 Å². The number of amides is 2. The fourth-order valence-electron chi connectivity index (χ4n) is 2.91. The highest BCUT2D eigenvalue weighted by molar-refractivity contribution is 7.18. The minimum absolute atomic E-state index is 0.0244. The van der Waals surface area contributed by atoms with Crippen LogP contribution in [0.4, 0.5) is 5.69 Å². The average molecular weight is 413 g/mol. The van der Waals surface area contributed by atoms with Gasteiger partial charge in [0.05, 0.1) is 11.8 Å². The normalized spacial score (nSPS) is 10.9. The van der Waals surface area contributed by atoms with Crippen LogP contribution in [-0.2, 0) is 22.4 Å². The Labute approximate surface area is 172 Å². The first-order valence-corrected chi connectivity index (χ1v) is 10.1. The molecule has 0 saturated heterocycles. The van der Waals surface area contributed by atoms with Crippen LogP contribution in [0, 0.1) is 13.8 Å². The zero-order valence-corrected chi connectivity index (χ0v) is 17.8. The van der Waals surface area contributed by atoms with Gasteiger partial charge in [-0.15, -0.1) is 11.3 Å². The van der Waals surface area contributed by atoms with Crippen molar-refractivity contribution in [2.45, 2.75) is 33.1 Å². The van der Waals surface area contributed by atoms with Crippen LogP contribution in [0.5, 0.6) is 0 Å². The molecule has 2 aromatic heterocycles. The summed E-state index contributed by atoms with van der Waals surface area (Å²) in [6, 6.07) is 7.20. The van der Waals surface area contributed by atoms with E-state index < -0.39 is 0 Å². The van der Waals surface area contributed by atoms with Crippen LogP contribution < -0.4 is 10.9 Å². The molecular weight excluding hydrogens is 388 g/mol. The van der Waals surface area contributed by atoms with E-state index in [0.29, 0.717) is 34.6 Å². The third-order valence-electron chi connectivity index (χ3n) is 4.77. The molecule has 3 rings (SSSR count). The molecule has 0 aliphatic rings. The number of anilines is 1. The smallest absolute Gasteiger partial charge is 0.259 e. The van der Waals surface area contributed by atoms with Gasteiger partial charge in [-0.25, -0.2) is 4.98 Å². The van der Waals surface area contributed by atoms with E-state index in [2.05, 4.69) is 15.3 Å². The number of benzene rings is 1. The molecule has 0 unspecified atom stereocenters. The molecule has 3 aromatic rings. The van der Waals surface area contributed by atoms with Crippen molar-refractivity contribution in [3.63, 3.8) is 0 Å². The number of nitrogens with zero attached hydrogens (tertiary/aromatic N) is 2. The first kappa shape index (κ1) is 20.7. The van der Waals surface area contributed by atoms with Crippen LogP contribution >= 0.6 is 11.3 Å². The number of aromatic nitrogens is 2. The zero-order valence-electron chi connectivity index (χ0n) is 17.0. The number of rotatable bonds is 6. The van der Waals surface area contributed by atoms with E-state index in [9.17, 15) is 14.4 Å². The maximum atomic E-state index is 12.3. The van der Waals surface area contributed by atoms with Crippen LogP contribution in [0.25, 0.3) is 10.2 Å². The Morgan fingerprint density at radius 2 is 1.86 bits per heavy atom. The van der Waals surface area contributed by atoms with Crippen molar-refractivity contribution in [1.29, 1.82) is 0 Å². The molecule has 0 radical (unpaired) electrons. The number of carbonyl (C=O) groups excluding carboxylic acids is 2. The van der Waals surface area contributed by atoms with Crippen molar-refractivity contribution in [3.8, 4) is 0 Å². The molecular formula is C21H24N4O3S. The number of nitrogens with one attached hydrogen (secondary N) is 2. The van der Waals surface area contributed by atoms with Crippen molar-refractivity contribution in [2.24, 2.45) is 0 Å². The van der Waals surface area contributed by atoms with Gasteiger partial charge in [-0.2, -0.15) is 0 Å². The highest BCUT2D eigenvalue weighted by Gasteiger charge is 2.13. The number of thiophene rings is 1. The Hall–Kier alpha value is -3.00. The lowest BCUT2D eigenvalue weighted by molar-refractivity contribution is -0.128. The van der Waals surface area contributed by atoms with Gasteiger partial charge < -0.3 is 15.2 Å². The van der Waals surface area contributed by atoms with Gasteiger partial charge in [-0.05, 0) is 37.1 Å². The summed E-state index contributed by atoms with van der Waals surface area (Å²) < 4.78 is 0. The van der Waals surface area contributed by atoms with Gasteiger partial charge in [-0.3, -0.25) is 14.4 Å². The van der Waals surface area contributed by atoms with Crippen LogP contribution in [0.3, 0.4) is 0 Å². The minimum atomic E-state index is -0.164. The number of aromatic amines is 1. The molecule has 152 valence electrons. The van der Waals surface area contributed by atoms with E-state index in [4.69, 9.17) is 0 Å². The Morgan fingerprint density at radius 3 is 2.52 bits per heavy atom. The molecule has 0 aliphatic heterocycles. The van der Waals surface area contributed by atoms with Crippen LogP contribution in [-0.4, -0.2) is 40.8 Å². The Balaban J connectivity index is 1.59. The summed E-state index contributed by atoms with van der Waals surface area (Å²) in [6.45, 7) is 3.88. The fraction of sp³-hybridized carbons (Fsp3) is 0.333. The quantitative estimate of drug-likeness (QED) is 0.651. The second-order valence-corrected chi connectivity index (χ2v) is 8.39. The molecule has 2 heterocycles. The lowest BCUT2D eigenvalue weighted by Gasteiger charge is -2.10. The molecule has 0 spiro atoms. The number of carbonyl (C=O) groups is 2. The van der Waals surface area contributed by atoms with Gasteiger partial charge in [0.15, 0.2) is 0 Å². The first-order chi connectivity index (χ1) is 13.7. The average Bonchev–Trinajstić information content (AvgIpc) is 2.95.